The minimum absolute atomic E-state index is 0.261. The highest BCUT2D eigenvalue weighted by Gasteiger charge is 2.06. The van der Waals surface area contributed by atoms with Crippen LogP contribution in [0.5, 0.6) is 0 Å². The van der Waals surface area contributed by atoms with Crippen LogP contribution in [0.25, 0.3) is 22.2 Å². The van der Waals surface area contributed by atoms with E-state index in [2.05, 4.69) is 10.5 Å². The van der Waals surface area contributed by atoms with Crippen molar-refractivity contribution in [1.29, 1.82) is 0 Å². The lowest BCUT2D eigenvalue weighted by Gasteiger charge is -2.07. The third-order valence-corrected chi connectivity index (χ3v) is 4.34. The van der Waals surface area contributed by atoms with E-state index in [1.54, 1.807) is 18.3 Å². The summed E-state index contributed by atoms with van der Waals surface area (Å²) in [5, 5.41) is 5.39. The Balaban J connectivity index is 1.70. The van der Waals surface area contributed by atoms with Crippen molar-refractivity contribution < 1.29 is 4.39 Å². The number of nitrogens with one attached hydrogen (secondary N) is 1. The number of benzene rings is 3. The lowest BCUT2D eigenvalue weighted by atomic mass is 10.0. The first kappa shape index (κ1) is 16.9. The van der Waals surface area contributed by atoms with Crippen LogP contribution in [-0.2, 0) is 0 Å². The van der Waals surface area contributed by atoms with Crippen LogP contribution in [0, 0.1) is 12.7 Å². The second-order valence-electron chi connectivity index (χ2n) is 6.36. The third-order valence-electron chi connectivity index (χ3n) is 4.34. The molecule has 1 aromatic heterocycles. The molecular formula is C23H18FN3. The summed E-state index contributed by atoms with van der Waals surface area (Å²) in [5.41, 5.74) is 8.64. The number of para-hydroxylation sites is 1. The number of rotatable bonds is 4. The number of fused-ring (bicyclic) bond motifs is 1. The minimum atomic E-state index is -0.261. The predicted molar refractivity (Wildman–Crippen MR) is 110 cm³/mol. The quantitative estimate of drug-likeness (QED) is 0.371. The number of pyridine rings is 1. The molecule has 0 aliphatic heterocycles. The Hall–Kier alpha value is -3.53. The second-order valence-corrected chi connectivity index (χ2v) is 6.36. The monoisotopic (exact) mass is 355 g/mol. The Kier molecular flexibility index (Phi) is 4.62. The van der Waals surface area contributed by atoms with Gasteiger partial charge in [-0.1, -0.05) is 35.9 Å². The van der Waals surface area contributed by atoms with Gasteiger partial charge in [-0.15, -0.1) is 0 Å². The van der Waals surface area contributed by atoms with Crippen LogP contribution in [-0.4, -0.2) is 11.2 Å². The Labute approximate surface area is 157 Å². The summed E-state index contributed by atoms with van der Waals surface area (Å²) in [6.07, 6.45) is 1.79. The van der Waals surface area contributed by atoms with Crippen molar-refractivity contribution in [1.82, 2.24) is 4.98 Å². The molecule has 3 aromatic carbocycles. The van der Waals surface area contributed by atoms with E-state index in [1.807, 2.05) is 61.5 Å². The molecule has 4 aromatic rings. The van der Waals surface area contributed by atoms with Crippen molar-refractivity contribution in [3.8, 4) is 11.3 Å². The summed E-state index contributed by atoms with van der Waals surface area (Å²) >= 11 is 0. The molecule has 0 amide bonds. The Morgan fingerprint density at radius 1 is 0.926 bits per heavy atom. The van der Waals surface area contributed by atoms with E-state index in [9.17, 15) is 4.39 Å². The van der Waals surface area contributed by atoms with Crippen LogP contribution in [0.3, 0.4) is 0 Å². The zero-order valence-electron chi connectivity index (χ0n) is 14.9. The lowest BCUT2D eigenvalue weighted by Crippen LogP contribution is -1.95. The Bertz CT molecular complexity index is 1100. The van der Waals surface area contributed by atoms with Crippen LogP contribution in [0.15, 0.2) is 84.0 Å². The van der Waals surface area contributed by atoms with E-state index in [0.717, 1.165) is 33.4 Å². The highest BCUT2D eigenvalue weighted by molar-refractivity contribution is 6.00. The smallest absolute Gasteiger partial charge is 0.123 e. The highest BCUT2D eigenvalue weighted by Crippen LogP contribution is 2.24. The third kappa shape index (κ3) is 3.85. The standard InChI is InChI=1S/C23H18FN3/c1-16-6-12-20(13-7-16)27-25-15-18-14-23(17-8-10-19(24)11-9-17)26-22-5-3-2-4-21(18)22/h2-15,27H,1H3/b25-15+. The molecule has 0 unspecified atom stereocenters. The number of nitrogens with zero attached hydrogens (tertiary/aromatic N) is 2. The molecule has 0 saturated carbocycles. The van der Waals surface area contributed by atoms with Gasteiger partial charge < -0.3 is 0 Å². The molecule has 1 heterocycles. The number of hydrogen-bond donors (Lipinski definition) is 1. The fraction of sp³-hybridized carbons (Fsp3) is 0.0435. The predicted octanol–water partition coefficient (Wildman–Crippen LogP) is 5.80. The maximum absolute atomic E-state index is 13.2. The maximum Gasteiger partial charge on any atom is 0.123 e. The van der Waals surface area contributed by atoms with Gasteiger partial charge in [0.1, 0.15) is 5.82 Å². The number of hydrogen-bond acceptors (Lipinski definition) is 3. The number of halogens is 1. The molecular weight excluding hydrogens is 337 g/mol. The van der Waals surface area contributed by atoms with E-state index in [4.69, 9.17) is 4.98 Å². The van der Waals surface area contributed by atoms with E-state index in [-0.39, 0.29) is 5.82 Å². The van der Waals surface area contributed by atoms with E-state index >= 15 is 0 Å². The molecule has 0 saturated heterocycles. The summed E-state index contributed by atoms with van der Waals surface area (Å²) in [6, 6.07) is 24.3. The molecule has 27 heavy (non-hydrogen) atoms. The van der Waals surface area contributed by atoms with Crippen LogP contribution in [0.2, 0.25) is 0 Å². The van der Waals surface area contributed by atoms with Gasteiger partial charge in [-0.25, -0.2) is 9.37 Å². The SMILES string of the molecule is Cc1ccc(N/N=C/c2cc(-c3ccc(F)cc3)nc3ccccc23)cc1. The lowest BCUT2D eigenvalue weighted by molar-refractivity contribution is 0.628. The molecule has 3 nitrogen and oxygen atoms in total. The topological polar surface area (TPSA) is 37.3 Å². The number of aryl methyl sites for hydroxylation is 1. The van der Waals surface area contributed by atoms with E-state index in [0.29, 0.717) is 0 Å². The second kappa shape index (κ2) is 7.38. The van der Waals surface area contributed by atoms with Crippen molar-refractivity contribution in [2.75, 3.05) is 5.43 Å². The first-order valence-electron chi connectivity index (χ1n) is 8.70. The van der Waals surface area contributed by atoms with Crippen LogP contribution >= 0.6 is 0 Å². The van der Waals surface area contributed by atoms with Crippen molar-refractivity contribution in [3.05, 3.63) is 95.8 Å². The molecule has 0 aliphatic rings. The molecule has 0 atom stereocenters. The largest absolute Gasteiger partial charge is 0.279 e. The average Bonchev–Trinajstić information content (AvgIpc) is 2.70. The molecule has 0 bridgehead atoms. The highest BCUT2D eigenvalue weighted by atomic mass is 19.1. The maximum atomic E-state index is 13.2. The van der Waals surface area contributed by atoms with Gasteiger partial charge in [-0.2, -0.15) is 5.10 Å². The van der Waals surface area contributed by atoms with Gasteiger partial charge in [0, 0.05) is 16.5 Å². The molecule has 1 N–H and O–H groups in total. The summed E-state index contributed by atoms with van der Waals surface area (Å²) in [4.78, 5) is 4.71. The van der Waals surface area contributed by atoms with Crippen molar-refractivity contribution >= 4 is 22.8 Å². The van der Waals surface area contributed by atoms with Crippen LogP contribution in [0.1, 0.15) is 11.1 Å². The molecule has 4 heteroatoms. The summed E-state index contributed by atoms with van der Waals surface area (Å²) in [6.45, 7) is 2.05. The number of hydrazone groups is 1. The fourth-order valence-electron chi connectivity index (χ4n) is 2.88. The van der Waals surface area contributed by atoms with Gasteiger partial charge in [0.05, 0.1) is 23.1 Å². The zero-order chi connectivity index (χ0) is 18.6. The zero-order valence-corrected chi connectivity index (χ0v) is 14.9. The summed E-state index contributed by atoms with van der Waals surface area (Å²) in [7, 11) is 0. The van der Waals surface area contributed by atoms with Crippen molar-refractivity contribution in [3.63, 3.8) is 0 Å². The van der Waals surface area contributed by atoms with Gasteiger partial charge in [0.25, 0.3) is 0 Å². The minimum Gasteiger partial charge on any atom is -0.279 e. The molecule has 0 aliphatic carbocycles. The van der Waals surface area contributed by atoms with E-state index in [1.165, 1.54) is 17.7 Å². The van der Waals surface area contributed by atoms with Crippen LogP contribution < -0.4 is 5.43 Å². The van der Waals surface area contributed by atoms with Gasteiger partial charge in [-0.3, -0.25) is 5.43 Å². The molecule has 4 rings (SSSR count). The van der Waals surface area contributed by atoms with Crippen LogP contribution in [0.4, 0.5) is 10.1 Å². The number of aromatic nitrogens is 1. The van der Waals surface area contributed by atoms with Gasteiger partial charge >= 0.3 is 0 Å². The van der Waals surface area contributed by atoms with Crippen molar-refractivity contribution in [2.45, 2.75) is 6.92 Å². The summed E-state index contributed by atoms with van der Waals surface area (Å²) in [5.74, 6) is -0.261. The average molecular weight is 355 g/mol. The van der Waals surface area contributed by atoms with Gasteiger partial charge in [-0.05, 0) is 55.5 Å². The summed E-state index contributed by atoms with van der Waals surface area (Å²) < 4.78 is 13.2. The molecule has 0 radical (unpaired) electrons. The fourth-order valence-corrected chi connectivity index (χ4v) is 2.88. The molecule has 132 valence electrons. The van der Waals surface area contributed by atoms with Gasteiger partial charge in [0.2, 0.25) is 0 Å². The Morgan fingerprint density at radius 3 is 2.44 bits per heavy atom. The normalized spacial score (nSPS) is 11.2. The first-order valence-corrected chi connectivity index (χ1v) is 8.70. The Morgan fingerprint density at radius 2 is 1.67 bits per heavy atom. The van der Waals surface area contributed by atoms with E-state index < -0.39 is 0 Å². The molecule has 0 fully saturated rings. The molecule has 0 spiro atoms. The first-order chi connectivity index (χ1) is 13.2. The number of anilines is 1. The van der Waals surface area contributed by atoms with Gasteiger partial charge in [0.15, 0.2) is 0 Å². The van der Waals surface area contributed by atoms with Crippen molar-refractivity contribution in [2.24, 2.45) is 5.10 Å².